The van der Waals surface area contributed by atoms with E-state index in [2.05, 4.69) is 17.1 Å². The molecule has 0 N–H and O–H groups in total. The molecular weight excluding hydrogens is 338 g/mol. The van der Waals surface area contributed by atoms with Crippen molar-refractivity contribution < 1.29 is 13.9 Å². The van der Waals surface area contributed by atoms with Crippen LogP contribution in [-0.2, 0) is 4.79 Å². The molecule has 0 radical (unpaired) electrons. The lowest BCUT2D eigenvalue weighted by molar-refractivity contribution is -0.132. The predicted molar refractivity (Wildman–Crippen MR) is 96.7 cm³/mol. The first-order chi connectivity index (χ1) is 12.2. The monoisotopic (exact) mass is 361 g/mol. The molecule has 1 aromatic carbocycles. The second-order valence-electron chi connectivity index (χ2n) is 6.04. The molecule has 0 spiro atoms. The highest BCUT2D eigenvalue weighted by molar-refractivity contribution is 7.99. The Hall–Kier alpha value is -2.02. The molecule has 25 heavy (non-hydrogen) atoms. The van der Waals surface area contributed by atoms with E-state index in [-0.39, 0.29) is 5.91 Å². The quantitative estimate of drug-likeness (QED) is 0.732. The molecule has 1 atom stereocenters. The fourth-order valence-corrected chi connectivity index (χ4v) is 3.75. The summed E-state index contributed by atoms with van der Waals surface area (Å²) in [5.41, 5.74) is 0.798. The molecule has 3 rings (SSSR count). The standard InChI is InChI=1S/C18H23N3O3S/c1-3-14-8-4-5-10-21(14)16(22)12-25-18-20-19-17(24-18)13-7-6-9-15(11-13)23-2/h6-7,9,11,14H,3-5,8,10,12H2,1-2H3/t14-/m1/s1. The predicted octanol–water partition coefficient (Wildman–Crippen LogP) is 3.63. The Labute approximate surface area is 151 Å². The summed E-state index contributed by atoms with van der Waals surface area (Å²) in [4.78, 5) is 14.5. The van der Waals surface area contributed by atoms with Crippen LogP contribution in [0.5, 0.6) is 5.75 Å². The molecule has 7 heteroatoms. The second kappa shape index (κ2) is 8.38. The van der Waals surface area contributed by atoms with E-state index < -0.39 is 0 Å². The largest absolute Gasteiger partial charge is 0.497 e. The number of piperidine rings is 1. The Kier molecular flexibility index (Phi) is 5.96. The van der Waals surface area contributed by atoms with Crippen LogP contribution in [0.4, 0.5) is 0 Å². The molecule has 2 aromatic rings. The van der Waals surface area contributed by atoms with Gasteiger partial charge in [-0.2, -0.15) is 0 Å². The average Bonchev–Trinajstić information content (AvgIpc) is 3.15. The van der Waals surface area contributed by atoms with E-state index in [1.165, 1.54) is 18.2 Å². The first-order valence-electron chi connectivity index (χ1n) is 8.61. The maximum Gasteiger partial charge on any atom is 0.277 e. The third kappa shape index (κ3) is 4.34. The number of amides is 1. The summed E-state index contributed by atoms with van der Waals surface area (Å²) in [5, 5.41) is 8.52. The van der Waals surface area contributed by atoms with Crippen molar-refractivity contribution in [2.45, 2.75) is 43.9 Å². The van der Waals surface area contributed by atoms with Crippen LogP contribution in [0.2, 0.25) is 0 Å². The Morgan fingerprint density at radius 3 is 3.08 bits per heavy atom. The Balaban J connectivity index is 1.60. The van der Waals surface area contributed by atoms with Crippen LogP contribution in [0.1, 0.15) is 32.6 Å². The number of hydrogen-bond acceptors (Lipinski definition) is 6. The van der Waals surface area contributed by atoms with Crippen molar-refractivity contribution in [1.29, 1.82) is 0 Å². The number of carbonyl (C=O) groups is 1. The van der Waals surface area contributed by atoms with Gasteiger partial charge in [0.25, 0.3) is 5.22 Å². The topological polar surface area (TPSA) is 68.5 Å². The minimum atomic E-state index is 0.151. The summed E-state index contributed by atoms with van der Waals surface area (Å²) in [7, 11) is 1.62. The van der Waals surface area contributed by atoms with Gasteiger partial charge in [0, 0.05) is 18.2 Å². The number of likely N-dealkylation sites (tertiary alicyclic amines) is 1. The smallest absolute Gasteiger partial charge is 0.277 e. The first-order valence-corrected chi connectivity index (χ1v) is 9.60. The van der Waals surface area contributed by atoms with E-state index in [1.54, 1.807) is 7.11 Å². The van der Waals surface area contributed by atoms with Crippen molar-refractivity contribution in [2.75, 3.05) is 19.4 Å². The fourth-order valence-electron chi connectivity index (χ4n) is 3.10. The van der Waals surface area contributed by atoms with Gasteiger partial charge in [-0.3, -0.25) is 4.79 Å². The van der Waals surface area contributed by atoms with Crippen LogP contribution in [0.15, 0.2) is 33.9 Å². The highest BCUT2D eigenvalue weighted by Gasteiger charge is 2.25. The number of carbonyl (C=O) groups excluding carboxylic acids is 1. The van der Waals surface area contributed by atoms with Gasteiger partial charge in [0.05, 0.1) is 12.9 Å². The minimum absolute atomic E-state index is 0.151. The molecule has 1 aromatic heterocycles. The van der Waals surface area contributed by atoms with Gasteiger partial charge in [0.2, 0.25) is 11.8 Å². The summed E-state index contributed by atoms with van der Waals surface area (Å²) >= 11 is 1.30. The zero-order valence-corrected chi connectivity index (χ0v) is 15.4. The zero-order chi connectivity index (χ0) is 17.6. The van der Waals surface area contributed by atoms with E-state index >= 15 is 0 Å². The summed E-state index contributed by atoms with van der Waals surface area (Å²) in [6.07, 6.45) is 4.42. The molecule has 1 amide bonds. The number of thioether (sulfide) groups is 1. The fraction of sp³-hybridized carbons (Fsp3) is 0.500. The molecule has 0 aliphatic carbocycles. The van der Waals surface area contributed by atoms with Crippen molar-refractivity contribution >= 4 is 17.7 Å². The number of hydrogen-bond donors (Lipinski definition) is 0. The van der Waals surface area contributed by atoms with Crippen LogP contribution >= 0.6 is 11.8 Å². The third-order valence-electron chi connectivity index (χ3n) is 4.46. The van der Waals surface area contributed by atoms with Crippen molar-refractivity contribution in [2.24, 2.45) is 0 Å². The summed E-state index contributed by atoms with van der Waals surface area (Å²) < 4.78 is 10.9. The molecule has 134 valence electrons. The first kappa shape index (κ1) is 17.8. The molecule has 1 saturated heterocycles. The van der Waals surface area contributed by atoms with Gasteiger partial charge in [-0.25, -0.2) is 0 Å². The second-order valence-corrected chi connectivity index (χ2v) is 6.97. The highest BCUT2D eigenvalue weighted by Crippen LogP contribution is 2.27. The molecule has 0 saturated carbocycles. The lowest BCUT2D eigenvalue weighted by Gasteiger charge is -2.35. The maximum absolute atomic E-state index is 12.5. The molecule has 0 bridgehead atoms. The van der Waals surface area contributed by atoms with Crippen molar-refractivity contribution in [1.82, 2.24) is 15.1 Å². The van der Waals surface area contributed by atoms with E-state index in [9.17, 15) is 4.79 Å². The summed E-state index contributed by atoms with van der Waals surface area (Å²) in [6, 6.07) is 7.83. The van der Waals surface area contributed by atoms with Crippen LogP contribution < -0.4 is 4.74 Å². The zero-order valence-electron chi connectivity index (χ0n) is 14.6. The van der Waals surface area contributed by atoms with Crippen molar-refractivity contribution in [3.8, 4) is 17.2 Å². The van der Waals surface area contributed by atoms with E-state index in [0.717, 1.165) is 37.1 Å². The number of aromatic nitrogens is 2. The SMILES string of the molecule is CC[C@@H]1CCCCN1C(=O)CSc1nnc(-c2cccc(OC)c2)o1. The van der Waals surface area contributed by atoms with E-state index in [4.69, 9.17) is 9.15 Å². The lowest BCUT2D eigenvalue weighted by atomic mass is 10.0. The van der Waals surface area contributed by atoms with Crippen LogP contribution in [0.25, 0.3) is 11.5 Å². The normalized spacial score (nSPS) is 17.5. The van der Waals surface area contributed by atoms with Crippen LogP contribution in [0.3, 0.4) is 0 Å². The molecule has 1 aliphatic heterocycles. The Morgan fingerprint density at radius 2 is 2.28 bits per heavy atom. The molecular formula is C18H23N3O3S. The average molecular weight is 361 g/mol. The summed E-state index contributed by atoms with van der Waals surface area (Å²) in [6.45, 7) is 3.00. The Bertz CT molecular complexity index is 719. The van der Waals surface area contributed by atoms with Crippen molar-refractivity contribution in [3.63, 3.8) is 0 Å². The van der Waals surface area contributed by atoms with Gasteiger partial charge in [-0.15, -0.1) is 10.2 Å². The van der Waals surface area contributed by atoms with E-state index in [0.29, 0.717) is 22.9 Å². The molecule has 1 aliphatic rings. The lowest BCUT2D eigenvalue weighted by Crippen LogP contribution is -2.44. The number of nitrogens with zero attached hydrogens (tertiary/aromatic N) is 3. The van der Waals surface area contributed by atoms with E-state index in [1.807, 2.05) is 29.2 Å². The van der Waals surface area contributed by atoms with Crippen molar-refractivity contribution in [3.05, 3.63) is 24.3 Å². The number of benzene rings is 1. The number of methoxy groups -OCH3 is 1. The highest BCUT2D eigenvalue weighted by atomic mass is 32.2. The van der Waals surface area contributed by atoms with Gasteiger partial charge in [0.15, 0.2) is 0 Å². The van der Waals surface area contributed by atoms with Gasteiger partial charge in [-0.05, 0) is 43.9 Å². The Morgan fingerprint density at radius 1 is 1.40 bits per heavy atom. The van der Waals surface area contributed by atoms with Gasteiger partial charge in [-0.1, -0.05) is 24.8 Å². The van der Waals surface area contributed by atoms with Gasteiger partial charge in [0.1, 0.15) is 5.75 Å². The van der Waals surface area contributed by atoms with Gasteiger partial charge >= 0.3 is 0 Å². The number of rotatable bonds is 6. The number of ether oxygens (including phenoxy) is 1. The summed E-state index contributed by atoms with van der Waals surface area (Å²) in [5.74, 6) is 1.64. The molecule has 0 unspecified atom stereocenters. The molecule has 1 fully saturated rings. The molecule has 2 heterocycles. The molecule has 6 nitrogen and oxygen atoms in total. The minimum Gasteiger partial charge on any atom is -0.497 e. The van der Waals surface area contributed by atoms with Crippen LogP contribution in [-0.4, -0.2) is 46.5 Å². The van der Waals surface area contributed by atoms with Gasteiger partial charge < -0.3 is 14.1 Å². The van der Waals surface area contributed by atoms with Crippen LogP contribution in [0, 0.1) is 0 Å². The maximum atomic E-state index is 12.5. The third-order valence-corrected chi connectivity index (χ3v) is 5.26.